The minimum atomic E-state index is -0.453. The predicted octanol–water partition coefficient (Wildman–Crippen LogP) is 5.19. The second kappa shape index (κ2) is 11.7. The average molecular weight is 515 g/mol. The third-order valence-corrected chi connectivity index (χ3v) is 7.22. The molecule has 2 aromatic carbocycles. The van der Waals surface area contributed by atoms with E-state index in [0.717, 1.165) is 49.9 Å². The van der Waals surface area contributed by atoms with Gasteiger partial charge < -0.3 is 14.1 Å². The first kappa shape index (κ1) is 25.9. The third-order valence-electron chi connectivity index (χ3n) is 7.22. The smallest absolute Gasteiger partial charge is 0.420 e. The SMILES string of the molecule is CCCCC(=O)c1ccc2oc(=O)n(Cc3cccc(-c4ncc(OCC5CCN(C)CC5)cn4)c3)c2c1. The van der Waals surface area contributed by atoms with E-state index in [1.807, 2.05) is 24.3 Å². The van der Waals surface area contributed by atoms with Crippen LogP contribution in [0.1, 0.15) is 54.9 Å². The van der Waals surface area contributed by atoms with Crippen molar-refractivity contribution in [2.75, 3.05) is 26.7 Å². The van der Waals surface area contributed by atoms with Crippen molar-refractivity contribution in [3.8, 4) is 17.1 Å². The number of rotatable bonds is 10. The van der Waals surface area contributed by atoms with Crippen LogP contribution in [0, 0.1) is 5.92 Å². The number of carbonyl (C=O) groups excluding carboxylic acids is 1. The van der Waals surface area contributed by atoms with Gasteiger partial charge in [-0.15, -0.1) is 0 Å². The van der Waals surface area contributed by atoms with Gasteiger partial charge in [-0.2, -0.15) is 0 Å². The van der Waals surface area contributed by atoms with E-state index in [0.29, 0.717) is 53.7 Å². The molecule has 0 radical (unpaired) electrons. The van der Waals surface area contributed by atoms with Crippen LogP contribution < -0.4 is 10.5 Å². The summed E-state index contributed by atoms with van der Waals surface area (Å²) in [5.41, 5.74) is 3.44. The topological polar surface area (TPSA) is 90.5 Å². The molecule has 1 aliphatic rings. The van der Waals surface area contributed by atoms with Crippen LogP contribution in [0.25, 0.3) is 22.5 Å². The van der Waals surface area contributed by atoms with Crippen LogP contribution in [0.15, 0.2) is 64.1 Å². The van der Waals surface area contributed by atoms with Crippen molar-refractivity contribution in [2.45, 2.75) is 45.6 Å². The number of ketones is 1. The molecular weight excluding hydrogens is 480 g/mol. The van der Waals surface area contributed by atoms with Crippen molar-refractivity contribution in [3.63, 3.8) is 0 Å². The fourth-order valence-electron chi connectivity index (χ4n) is 4.84. The van der Waals surface area contributed by atoms with Crippen molar-refractivity contribution >= 4 is 16.9 Å². The Bertz CT molecular complexity index is 1450. The van der Waals surface area contributed by atoms with Gasteiger partial charge in [-0.3, -0.25) is 9.36 Å². The molecule has 1 aliphatic heterocycles. The Balaban J connectivity index is 1.29. The number of benzene rings is 2. The van der Waals surface area contributed by atoms with Gasteiger partial charge in [0.15, 0.2) is 22.9 Å². The number of oxazole rings is 1. The lowest BCUT2D eigenvalue weighted by Gasteiger charge is -2.28. The molecule has 1 saturated heterocycles. The number of fused-ring (bicyclic) bond motifs is 1. The van der Waals surface area contributed by atoms with E-state index < -0.39 is 5.76 Å². The molecule has 2 aromatic heterocycles. The minimum Gasteiger partial charge on any atom is -0.490 e. The molecule has 4 aromatic rings. The summed E-state index contributed by atoms with van der Waals surface area (Å²) >= 11 is 0. The Morgan fingerprint density at radius 1 is 1.11 bits per heavy atom. The van der Waals surface area contributed by atoms with Gasteiger partial charge in [-0.1, -0.05) is 31.5 Å². The fourth-order valence-corrected chi connectivity index (χ4v) is 4.84. The summed E-state index contributed by atoms with van der Waals surface area (Å²) in [5.74, 6) is 1.45. The van der Waals surface area contributed by atoms with E-state index >= 15 is 0 Å². The van der Waals surface area contributed by atoms with E-state index in [4.69, 9.17) is 9.15 Å². The normalized spacial score (nSPS) is 14.7. The monoisotopic (exact) mass is 514 g/mol. The third kappa shape index (κ3) is 6.02. The molecule has 8 heteroatoms. The number of piperidine rings is 1. The van der Waals surface area contributed by atoms with Crippen LogP contribution in [0.5, 0.6) is 5.75 Å². The molecular formula is C30H34N4O4. The molecule has 0 saturated carbocycles. The molecule has 38 heavy (non-hydrogen) atoms. The van der Waals surface area contributed by atoms with Gasteiger partial charge in [0.25, 0.3) is 0 Å². The highest BCUT2D eigenvalue weighted by molar-refractivity contribution is 5.98. The van der Waals surface area contributed by atoms with Gasteiger partial charge in [-0.25, -0.2) is 14.8 Å². The van der Waals surface area contributed by atoms with Gasteiger partial charge in [-0.05, 0) is 75.1 Å². The number of nitrogens with zero attached hydrogens (tertiary/aromatic N) is 4. The molecule has 0 amide bonds. The van der Waals surface area contributed by atoms with Gasteiger partial charge in [0, 0.05) is 17.5 Å². The molecule has 0 unspecified atom stereocenters. The highest BCUT2D eigenvalue weighted by atomic mass is 16.5. The van der Waals surface area contributed by atoms with Crippen LogP contribution in [0.2, 0.25) is 0 Å². The second-order valence-electron chi connectivity index (χ2n) is 10.2. The van der Waals surface area contributed by atoms with E-state index in [9.17, 15) is 9.59 Å². The Hall–Kier alpha value is -3.78. The summed E-state index contributed by atoms with van der Waals surface area (Å²) in [7, 11) is 2.15. The van der Waals surface area contributed by atoms with E-state index in [1.54, 1.807) is 35.2 Å². The van der Waals surface area contributed by atoms with Crippen molar-refractivity contribution in [2.24, 2.45) is 5.92 Å². The van der Waals surface area contributed by atoms with Gasteiger partial charge in [0.2, 0.25) is 0 Å². The summed E-state index contributed by atoms with van der Waals surface area (Å²) in [6, 6.07) is 13.0. The van der Waals surface area contributed by atoms with Crippen LogP contribution in [-0.2, 0) is 6.54 Å². The molecule has 0 spiro atoms. The lowest BCUT2D eigenvalue weighted by Crippen LogP contribution is -2.32. The highest BCUT2D eigenvalue weighted by Crippen LogP contribution is 2.22. The second-order valence-corrected chi connectivity index (χ2v) is 10.2. The van der Waals surface area contributed by atoms with E-state index in [1.165, 1.54) is 0 Å². The zero-order chi connectivity index (χ0) is 26.5. The average Bonchev–Trinajstić information content (AvgIpc) is 3.25. The van der Waals surface area contributed by atoms with Crippen molar-refractivity contribution in [3.05, 3.63) is 76.5 Å². The standard InChI is InChI=1S/C30H34N4O4/c1-3-4-8-27(35)23-9-10-28-26(16-23)34(30(36)38-28)19-22-6-5-7-24(15-22)29-31-17-25(18-32-29)37-20-21-11-13-33(2)14-12-21/h5-7,9-10,15-18,21H,3-4,8,11-14,19-20H2,1-2H3. The minimum absolute atomic E-state index is 0.0758. The van der Waals surface area contributed by atoms with E-state index in [2.05, 4.69) is 28.8 Å². The Morgan fingerprint density at radius 3 is 2.66 bits per heavy atom. The Labute approximate surface area is 222 Å². The van der Waals surface area contributed by atoms with Gasteiger partial charge in [0.05, 0.1) is 31.1 Å². The maximum atomic E-state index is 12.7. The van der Waals surface area contributed by atoms with Gasteiger partial charge >= 0.3 is 5.76 Å². The van der Waals surface area contributed by atoms with Crippen molar-refractivity contribution in [1.82, 2.24) is 19.4 Å². The molecule has 1 fully saturated rings. The summed E-state index contributed by atoms with van der Waals surface area (Å²) in [5, 5.41) is 0. The summed E-state index contributed by atoms with van der Waals surface area (Å²) < 4.78 is 13.0. The largest absolute Gasteiger partial charge is 0.490 e. The predicted molar refractivity (Wildman–Crippen MR) is 147 cm³/mol. The summed E-state index contributed by atoms with van der Waals surface area (Å²) in [6.07, 6.45) is 8.02. The molecule has 5 rings (SSSR count). The lowest BCUT2D eigenvalue weighted by molar-refractivity contribution is 0.0980. The van der Waals surface area contributed by atoms with Crippen LogP contribution in [0.4, 0.5) is 0 Å². The summed E-state index contributed by atoms with van der Waals surface area (Å²) in [6.45, 7) is 5.27. The van der Waals surface area contributed by atoms with Crippen LogP contribution in [0.3, 0.4) is 0 Å². The number of hydrogen-bond donors (Lipinski definition) is 0. The number of unbranched alkanes of at least 4 members (excludes halogenated alkanes) is 1. The first-order valence-corrected chi connectivity index (χ1v) is 13.4. The van der Waals surface area contributed by atoms with Crippen molar-refractivity contribution < 1.29 is 13.9 Å². The zero-order valence-electron chi connectivity index (χ0n) is 22.1. The summed E-state index contributed by atoms with van der Waals surface area (Å²) in [4.78, 5) is 36.6. The highest BCUT2D eigenvalue weighted by Gasteiger charge is 2.18. The lowest BCUT2D eigenvalue weighted by atomic mass is 9.98. The van der Waals surface area contributed by atoms with Gasteiger partial charge in [0.1, 0.15) is 0 Å². The molecule has 198 valence electrons. The zero-order valence-corrected chi connectivity index (χ0v) is 22.1. The molecule has 0 bridgehead atoms. The number of hydrogen-bond acceptors (Lipinski definition) is 7. The number of Topliss-reactive ketones (excluding diaryl/α,β-unsaturated/α-hetero) is 1. The quantitative estimate of drug-likeness (QED) is 0.269. The first-order valence-electron chi connectivity index (χ1n) is 13.4. The molecule has 8 nitrogen and oxygen atoms in total. The number of carbonyl (C=O) groups is 1. The molecule has 0 N–H and O–H groups in total. The maximum absolute atomic E-state index is 12.7. The Morgan fingerprint density at radius 2 is 1.89 bits per heavy atom. The molecule has 0 aliphatic carbocycles. The molecule has 3 heterocycles. The number of aromatic nitrogens is 3. The van der Waals surface area contributed by atoms with E-state index in [-0.39, 0.29) is 5.78 Å². The fraction of sp³-hybridized carbons (Fsp3) is 0.400. The van der Waals surface area contributed by atoms with Crippen molar-refractivity contribution in [1.29, 1.82) is 0 Å². The van der Waals surface area contributed by atoms with Crippen LogP contribution in [-0.4, -0.2) is 52.0 Å². The maximum Gasteiger partial charge on any atom is 0.420 e. The Kier molecular flexibility index (Phi) is 7.98. The molecule has 0 atom stereocenters. The number of likely N-dealkylation sites (tertiary alicyclic amines) is 1. The first-order chi connectivity index (χ1) is 18.5. The van der Waals surface area contributed by atoms with Crippen LogP contribution >= 0.6 is 0 Å². The number of ether oxygens (including phenoxy) is 1.